The molecule has 4 heterocycles. The van der Waals surface area contributed by atoms with Crippen LogP contribution in [0.4, 0.5) is 20.8 Å². The molecule has 1 aliphatic rings. The molecule has 1 saturated heterocycles. The third-order valence-electron chi connectivity index (χ3n) is 6.84. The van der Waals surface area contributed by atoms with Gasteiger partial charge < -0.3 is 24.8 Å². The maximum absolute atomic E-state index is 14.8. The number of hydrogen-bond donors (Lipinski definition) is 2. The van der Waals surface area contributed by atoms with Gasteiger partial charge in [-0.1, -0.05) is 38.1 Å². The first-order chi connectivity index (χ1) is 20.7. The Morgan fingerprint density at radius 1 is 1.11 bits per heavy atom. The normalized spacial score (nSPS) is 13.9. The molecule has 0 radical (unpaired) electrons. The Balaban J connectivity index is 1.20. The fourth-order valence-electron chi connectivity index (χ4n) is 4.37. The third-order valence-corrected chi connectivity index (χ3v) is 6.84. The van der Waals surface area contributed by atoms with Crippen LogP contribution in [0.2, 0.25) is 0 Å². The number of amides is 2. The van der Waals surface area contributed by atoms with Crippen LogP contribution in [0.5, 0.6) is 0 Å². The SMILES string of the molecule is Cc1cc(-c2nc(Nc3cnn(C4CN(C(=O)OC(C)(C)C)C4)c3)ncc2F)ccc1CNC(=O)c1nc(C(C)(C)C)no1. The largest absolute Gasteiger partial charge is 0.444 e. The number of aromatic nitrogens is 6. The molecule has 0 unspecified atom stereocenters. The van der Waals surface area contributed by atoms with E-state index in [1.54, 1.807) is 40.2 Å². The summed E-state index contributed by atoms with van der Waals surface area (Å²) in [6.45, 7) is 14.3. The summed E-state index contributed by atoms with van der Waals surface area (Å²) in [5.41, 5.74) is 2.07. The number of benzene rings is 1. The van der Waals surface area contributed by atoms with Gasteiger partial charge in [-0.15, -0.1) is 0 Å². The van der Waals surface area contributed by atoms with Gasteiger partial charge in [0.2, 0.25) is 5.95 Å². The third kappa shape index (κ3) is 7.01. The highest BCUT2D eigenvalue weighted by Crippen LogP contribution is 2.27. The molecule has 1 aromatic carbocycles. The van der Waals surface area contributed by atoms with Crippen LogP contribution >= 0.6 is 0 Å². The minimum Gasteiger partial charge on any atom is -0.444 e. The maximum Gasteiger partial charge on any atom is 0.410 e. The van der Waals surface area contributed by atoms with Crippen molar-refractivity contribution >= 4 is 23.6 Å². The number of anilines is 2. The van der Waals surface area contributed by atoms with Crippen LogP contribution in [-0.4, -0.2) is 65.5 Å². The molecule has 14 heteroatoms. The van der Waals surface area contributed by atoms with Crippen molar-refractivity contribution in [2.45, 2.75) is 72.1 Å². The van der Waals surface area contributed by atoms with Crippen molar-refractivity contribution in [1.29, 1.82) is 0 Å². The second kappa shape index (κ2) is 11.7. The van der Waals surface area contributed by atoms with E-state index >= 15 is 0 Å². The minimum absolute atomic E-state index is 0.0158. The number of likely N-dealkylation sites (tertiary alicyclic amines) is 1. The molecule has 2 amide bonds. The summed E-state index contributed by atoms with van der Waals surface area (Å²) in [5.74, 6) is -0.506. The van der Waals surface area contributed by atoms with Crippen LogP contribution in [-0.2, 0) is 16.7 Å². The van der Waals surface area contributed by atoms with Crippen molar-refractivity contribution < 1.29 is 23.2 Å². The summed E-state index contributed by atoms with van der Waals surface area (Å²) in [4.78, 5) is 39.0. The molecular formula is C30H36FN9O4. The number of nitrogens with zero attached hydrogens (tertiary/aromatic N) is 7. The van der Waals surface area contributed by atoms with Crippen molar-refractivity contribution in [3.63, 3.8) is 0 Å². The monoisotopic (exact) mass is 605 g/mol. The summed E-state index contributed by atoms with van der Waals surface area (Å²) < 4.78 is 27.1. The summed E-state index contributed by atoms with van der Waals surface area (Å²) in [5, 5.41) is 14.1. The maximum atomic E-state index is 14.8. The van der Waals surface area contributed by atoms with Gasteiger partial charge in [-0.05, 0) is 44.9 Å². The number of halogens is 1. The zero-order valence-electron chi connectivity index (χ0n) is 25.8. The Labute approximate surface area is 254 Å². The molecule has 0 saturated carbocycles. The van der Waals surface area contributed by atoms with Crippen LogP contribution in [0.3, 0.4) is 0 Å². The Morgan fingerprint density at radius 3 is 2.52 bits per heavy atom. The highest BCUT2D eigenvalue weighted by Gasteiger charge is 2.35. The molecule has 0 atom stereocenters. The summed E-state index contributed by atoms with van der Waals surface area (Å²) in [6.07, 6.45) is 4.17. The van der Waals surface area contributed by atoms with Crippen molar-refractivity contribution in [3.8, 4) is 11.3 Å². The molecule has 44 heavy (non-hydrogen) atoms. The van der Waals surface area contributed by atoms with E-state index in [0.717, 1.165) is 17.3 Å². The number of nitrogens with one attached hydrogen (secondary N) is 2. The Bertz CT molecular complexity index is 1680. The van der Waals surface area contributed by atoms with Crippen LogP contribution in [0.25, 0.3) is 11.3 Å². The summed E-state index contributed by atoms with van der Waals surface area (Å²) in [7, 11) is 0. The second-order valence-corrected chi connectivity index (χ2v) is 12.8. The molecule has 5 rings (SSSR count). The quantitative estimate of drug-likeness (QED) is 0.296. The lowest BCUT2D eigenvalue weighted by atomic mass is 9.96. The molecule has 1 aliphatic heterocycles. The average Bonchev–Trinajstić information content (AvgIpc) is 3.57. The van der Waals surface area contributed by atoms with Gasteiger partial charge in [0.25, 0.3) is 0 Å². The fraction of sp³-hybridized carbons (Fsp3) is 0.433. The lowest BCUT2D eigenvalue weighted by Crippen LogP contribution is -2.52. The molecular weight excluding hydrogens is 569 g/mol. The molecule has 0 spiro atoms. The molecule has 13 nitrogen and oxygen atoms in total. The van der Waals surface area contributed by atoms with E-state index < -0.39 is 17.3 Å². The molecule has 3 aromatic heterocycles. The Morgan fingerprint density at radius 2 is 1.86 bits per heavy atom. The molecule has 0 aliphatic carbocycles. The Kier molecular flexibility index (Phi) is 8.10. The van der Waals surface area contributed by atoms with Crippen molar-refractivity contribution in [3.05, 3.63) is 65.4 Å². The second-order valence-electron chi connectivity index (χ2n) is 12.8. The van der Waals surface area contributed by atoms with Gasteiger partial charge >= 0.3 is 17.9 Å². The lowest BCUT2D eigenvalue weighted by molar-refractivity contribution is -0.000389. The van der Waals surface area contributed by atoms with E-state index in [2.05, 4.69) is 35.8 Å². The predicted octanol–water partition coefficient (Wildman–Crippen LogP) is 4.93. The predicted molar refractivity (Wildman–Crippen MR) is 159 cm³/mol. The van der Waals surface area contributed by atoms with E-state index in [0.29, 0.717) is 30.2 Å². The van der Waals surface area contributed by atoms with Gasteiger partial charge in [0.15, 0.2) is 11.6 Å². The van der Waals surface area contributed by atoms with E-state index in [1.807, 2.05) is 48.5 Å². The first-order valence-corrected chi connectivity index (χ1v) is 14.2. The van der Waals surface area contributed by atoms with Gasteiger partial charge in [-0.2, -0.15) is 10.1 Å². The van der Waals surface area contributed by atoms with Crippen molar-refractivity contribution in [1.82, 2.24) is 40.1 Å². The fourth-order valence-corrected chi connectivity index (χ4v) is 4.37. The molecule has 2 N–H and O–H groups in total. The molecule has 1 fully saturated rings. The van der Waals surface area contributed by atoms with Gasteiger partial charge in [-0.3, -0.25) is 9.48 Å². The first kappa shape index (κ1) is 30.6. The van der Waals surface area contributed by atoms with Crippen molar-refractivity contribution in [2.75, 3.05) is 18.4 Å². The standard InChI is InChI=1S/C30H36FN9O4/c1-17-10-18(8-9-19(17)11-32-24(41)25-37-26(38-44-25)29(2,3)4)23-22(31)13-33-27(36-23)35-20-12-34-40(14-20)21-15-39(16-21)28(42)43-30(5,6)7/h8-10,12-14,21H,11,15-16H2,1-7H3,(H,32,41)(H,33,35,36). The topological polar surface area (TPSA) is 153 Å². The number of carbonyl (C=O) groups is 2. The zero-order valence-corrected chi connectivity index (χ0v) is 25.8. The minimum atomic E-state index is -0.575. The zero-order chi connectivity index (χ0) is 31.8. The van der Waals surface area contributed by atoms with Crippen LogP contribution in [0.1, 0.15) is 75.2 Å². The first-order valence-electron chi connectivity index (χ1n) is 14.2. The molecule has 0 bridgehead atoms. The van der Waals surface area contributed by atoms with E-state index in [4.69, 9.17) is 9.26 Å². The smallest absolute Gasteiger partial charge is 0.410 e. The number of ether oxygens (including phenoxy) is 1. The summed E-state index contributed by atoms with van der Waals surface area (Å²) in [6, 6.07) is 5.35. The van der Waals surface area contributed by atoms with Gasteiger partial charge in [0, 0.05) is 36.8 Å². The van der Waals surface area contributed by atoms with E-state index in [-0.39, 0.29) is 41.6 Å². The molecule has 232 valence electrons. The van der Waals surface area contributed by atoms with Crippen LogP contribution < -0.4 is 10.6 Å². The van der Waals surface area contributed by atoms with Crippen LogP contribution in [0, 0.1) is 12.7 Å². The number of hydrogen-bond acceptors (Lipinski definition) is 10. The van der Waals surface area contributed by atoms with Crippen LogP contribution in [0.15, 0.2) is 41.3 Å². The number of aryl methyl sites for hydroxylation is 1. The van der Waals surface area contributed by atoms with Gasteiger partial charge in [0.1, 0.15) is 11.3 Å². The molecule has 4 aromatic rings. The van der Waals surface area contributed by atoms with Gasteiger partial charge in [-0.25, -0.2) is 19.2 Å². The highest BCUT2D eigenvalue weighted by molar-refractivity contribution is 5.89. The van der Waals surface area contributed by atoms with E-state index in [1.165, 1.54) is 0 Å². The highest BCUT2D eigenvalue weighted by atomic mass is 19.1. The number of rotatable bonds is 7. The van der Waals surface area contributed by atoms with Gasteiger partial charge in [0.05, 0.1) is 24.1 Å². The average molecular weight is 606 g/mol. The van der Waals surface area contributed by atoms with E-state index in [9.17, 15) is 14.0 Å². The number of carbonyl (C=O) groups excluding carboxylic acids is 2. The lowest BCUT2D eigenvalue weighted by Gasteiger charge is -2.39. The summed E-state index contributed by atoms with van der Waals surface area (Å²) >= 11 is 0. The van der Waals surface area contributed by atoms with Crippen molar-refractivity contribution in [2.24, 2.45) is 0 Å². The Hall–Kier alpha value is -4.88.